The van der Waals surface area contributed by atoms with E-state index in [1.807, 2.05) is 0 Å². The van der Waals surface area contributed by atoms with Crippen LogP contribution in [0.1, 0.15) is 105 Å². The van der Waals surface area contributed by atoms with Gasteiger partial charge in [0.2, 0.25) is 0 Å². The topological polar surface area (TPSA) is 18.5 Å². The smallest absolute Gasteiger partial charge is 0.131 e. The number of ether oxygens (including phenoxy) is 2. The Bertz CT molecular complexity index is 968. The zero-order chi connectivity index (χ0) is 26.3. The van der Waals surface area contributed by atoms with Crippen molar-refractivity contribution in [3.05, 3.63) is 46.5 Å². The molecule has 0 aromatic heterocycles. The molecule has 0 heterocycles. The maximum Gasteiger partial charge on any atom is 0.131 e. The molecule has 0 saturated carbocycles. The van der Waals surface area contributed by atoms with Gasteiger partial charge in [0, 0.05) is 0 Å². The van der Waals surface area contributed by atoms with E-state index in [4.69, 9.17) is 9.47 Å². The van der Waals surface area contributed by atoms with E-state index in [1.54, 1.807) is 14.2 Å². The Morgan fingerprint density at radius 3 is 0.971 bits per heavy atom. The van der Waals surface area contributed by atoms with Crippen molar-refractivity contribution in [2.75, 3.05) is 14.2 Å². The lowest BCUT2D eigenvalue weighted by atomic mass is 9.80. The number of methoxy groups -OCH3 is 2. The molecule has 0 amide bonds. The molecule has 0 unspecified atom stereocenters. The van der Waals surface area contributed by atoms with Gasteiger partial charge in [0.05, 0.1) is 24.8 Å². The van der Waals surface area contributed by atoms with Crippen LogP contribution in [-0.4, -0.2) is 14.2 Å². The summed E-state index contributed by atoms with van der Waals surface area (Å²) < 4.78 is 12.0. The van der Waals surface area contributed by atoms with Crippen molar-refractivity contribution in [3.63, 3.8) is 0 Å². The summed E-state index contributed by atoms with van der Waals surface area (Å²) in [7, 11) is 5.99. The molecule has 0 atom stereocenters. The van der Waals surface area contributed by atoms with E-state index in [1.165, 1.54) is 48.6 Å². The second-order valence-electron chi connectivity index (χ2n) is 13.3. The highest BCUT2D eigenvalue weighted by Crippen LogP contribution is 2.39. The van der Waals surface area contributed by atoms with Crippen molar-refractivity contribution in [2.24, 2.45) is 0 Å². The molecule has 2 aromatic carbocycles. The van der Waals surface area contributed by atoms with Gasteiger partial charge in [-0.05, 0) is 71.8 Å². The average molecular weight is 501 g/mol. The highest BCUT2D eigenvalue weighted by molar-refractivity contribution is 7.91. The van der Waals surface area contributed by atoms with Crippen LogP contribution in [0.4, 0.5) is 0 Å². The zero-order valence-corrected chi connectivity index (χ0v) is 25.8. The molecule has 34 heavy (non-hydrogen) atoms. The fourth-order valence-electron chi connectivity index (χ4n) is 3.84. The first-order chi connectivity index (χ1) is 15.3. The van der Waals surface area contributed by atoms with Gasteiger partial charge in [0.1, 0.15) is 11.5 Å². The summed E-state index contributed by atoms with van der Waals surface area (Å²) in [5.74, 6) is 1.96. The van der Waals surface area contributed by atoms with Gasteiger partial charge in [-0.15, -0.1) is 0 Å². The average Bonchev–Trinajstić information content (AvgIpc) is 2.68. The van der Waals surface area contributed by atoms with E-state index >= 15 is 0 Å². The maximum atomic E-state index is 5.98. The van der Waals surface area contributed by atoms with Gasteiger partial charge in [-0.25, -0.2) is 0 Å². The van der Waals surface area contributed by atoms with Crippen molar-refractivity contribution in [2.45, 2.75) is 105 Å². The molecule has 0 saturated heterocycles. The van der Waals surface area contributed by atoms with Gasteiger partial charge in [0.25, 0.3) is 0 Å². The molecule has 0 aliphatic carbocycles. The minimum absolute atomic E-state index is 0.0133. The molecule has 0 spiro atoms. The van der Waals surface area contributed by atoms with Gasteiger partial charge >= 0.3 is 0 Å². The van der Waals surface area contributed by atoms with Crippen LogP contribution < -0.4 is 20.1 Å². The first-order valence-electron chi connectivity index (χ1n) is 12.2. The van der Waals surface area contributed by atoms with Crippen LogP contribution in [-0.2, 0) is 21.7 Å². The Labute approximate surface area is 212 Å². The van der Waals surface area contributed by atoms with Crippen LogP contribution in [0.25, 0.3) is 0 Å². The van der Waals surface area contributed by atoms with Crippen molar-refractivity contribution < 1.29 is 9.47 Å². The molecule has 0 radical (unpaired) electrons. The van der Waals surface area contributed by atoms with Gasteiger partial charge in [0.15, 0.2) is 0 Å². The van der Waals surface area contributed by atoms with Crippen molar-refractivity contribution >= 4 is 26.3 Å². The van der Waals surface area contributed by atoms with Crippen LogP contribution in [0.3, 0.4) is 0 Å². The summed E-state index contributed by atoms with van der Waals surface area (Å²) in [5.41, 5.74) is 5.48. The van der Waals surface area contributed by atoms with Crippen molar-refractivity contribution in [1.29, 1.82) is 0 Å². The van der Waals surface area contributed by atoms with Crippen LogP contribution >= 0.6 is 15.7 Å². The summed E-state index contributed by atoms with van der Waals surface area (Å²) in [6.45, 7) is 27.4. The Morgan fingerprint density at radius 1 is 0.471 bits per heavy atom. The zero-order valence-electron chi connectivity index (χ0n) is 24.0. The lowest BCUT2D eigenvalue weighted by Gasteiger charge is -2.29. The van der Waals surface area contributed by atoms with E-state index in [9.17, 15) is 0 Å². The van der Waals surface area contributed by atoms with Crippen LogP contribution in [0, 0.1) is 0 Å². The summed E-state index contributed by atoms with van der Waals surface area (Å²) in [6.07, 6.45) is 0. The summed E-state index contributed by atoms with van der Waals surface area (Å²) in [4.78, 5) is 0. The van der Waals surface area contributed by atoms with E-state index in [0.29, 0.717) is 0 Å². The fraction of sp³-hybridized carbons (Fsp3) is 0.600. The van der Waals surface area contributed by atoms with Crippen LogP contribution in [0.5, 0.6) is 11.5 Å². The molecule has 0 N–H and O–H groups in total. The minimum Gasteiger partial charge on any atom is -0.496 e. The Morgan fingerprint density at radius 2 is 0.765 bits per heavy atom. The molecular formula is C30H46O2P2. The Kier molecular flexibility index (Phi) is 8.45. The number of benzene rings is 2. The van der Waals surface area contributed by atoms with Crippen LogP contribution in [0.15, 0.2) is 24.3 Å². The summed E-state index contributed by atoms with van der Waals surface area (Å²) in [6, 6.07) is 9.26. The second-order valence-corrected chi connectivity index (χ2v) is 15.8. The fourth-order valence-corrected chi connectivity index (χ4v) is 7.40. The van der Waals surface area contributed by atoms with Gasteiger partial charge in [-0.1, -0.05) is 95.2 Å². The number of hydrogen-bond acceptors (Lipinski definition) is 2. The highest BCUT2D eigenvalue weighted by Gasteiger charge is 2.27. The number of hydrogen-bond donors (Lipinski definition) is 0. The predicted octanol–water partition coefficient (Wildman–Crippen LogP) is 8.65. The molecule has 0 bridgehead atoms. The van der Waals surface area contributed by atoms with E-state index in [-0.39, 0.29) is 21.7 Å². The molecule has 0 fully saturated rings. The third-order valence-corrected chi connectivity index (χ3v) is 9.11. The lowest BCUT2D eigenvalue weighted by Crippen LogP contribution is -2.24. The Hall–Kier alpha value is -1.36. The van der Waals surface area contributed by atoms with Crippen LogP contribution in [0.2, 0.25) is 0 Å². The van der Waals surface area contributed by atoms with Crippen molar-refractivity contribution in [3.8, 4) is 11.5 Å². The third-order valence-electron chi connectivity index (χ3n) is 6.19. The van der Waals surface area contributed by atoms with E-state index < -0.39 is 0 Å². The monoisotopic (exact) mass is 500 g/mol. The van der Waals surface area contributed by atoms with Gasteiger partial charge in [-0.3, -0.25) is 0 Å². The van der Waals surface area contributed by atoms with E-state index in [2.05, 4.69) is 107 Å². The third kappa shape index (κ3) is 6.65. The standard InChI is InChI=1S/C30H46O2P2/c1-27(2,3)19-15-21(29(7,8)9)25(23(17-19)31-13)33-34-26-22(30(10,11)12)16-20(28(4,5)6)18-24(26)32-14/h15-18H,1-14H3. The number of rotatable bonds is 4. The first-order valence-corrected chi connectivity index (χ1v) is 14.7. The molecule has 188 valence electrons. The second kappa shape index (κ2) is 9.95. The highest BCUT2D eigenvalue weighted by atomic mass is 31.7. The predicted molar refractivity (Wildman–Crippen MR) is 154 cm³/mol. The Balaban J connectivity index is 2.85. The van der Waals surface area contributed by atoms with Crippen molar-refractivity contribution in [1.82, 2.24) is 0 Å². The quantitative estimate of drug-likeness (QED) is 0.391. The molecule has 0 aliphatic heterocycles. The summed E-state index contributed by atoms with van der Waals surface area (Å²) >= 11 is 0. The SMILES string of the molecule is COc1cc(C(C)(C)C)cc(C(C)(C)C)c1P=Pc1c(OC)cc(C(C)(C)C)cc1C(C)(C)C. The molecule has 4 heteroatoms. The lowest BCUT2D eigenvalue weighted by molar-refractivity contribution is 0.414. The normalized spacial score (nSPS) is 13.5. The van der Waals surface area contributed by atoms with Gasteiger partial charge < -0.3 is 9.47 Å². The van der Waals surface area contributed by atoms with E-state index in [0.717, 1.165) is 11.5 Å². The molecule has 2 rings (SSSR count). The molecule has 2 nitrogen and oxygen atoms in total. The summed E-state index contributed by atoms with van der Waals surface area (Å²) in [5, 5.41) is 2.54. The largest absolute Gasteiger partial charge is 0.496 e. The molecule has 0 aliphatic rings. The van der Waals surface area contributed by atoms with Gasteiger partial charge in [-0.2, -0.15) is 0 Å². The first kappa shape index (κ1) is 28.9. The molecular weight excluding hydrogens is 454 g/mol. The maximum absolute atomic E-state index is 5.98. The minimum atomic E-state index is 0.0133. The molecule has 2 aromatic rings.